The largest absolute Gasteiger partial charge is 0.341 e. The van der Waals surface area contributed by atoms with Crippen LogP contribution in [0.2, 0.25) is 0 Å². The van der Waals surface area contributed by atoms with Crippen molar-refractivity contribution in [3.8, 4) is 0 Å². The molecule has 0 rings (SSSR count). The van der Waals surface area contributed by atoms with Gasteiger partial charge in [-0.3, -0.25) is 9.69 Å². The Balaban J connectivity index is 4.29. The van der Waals surface area contributed by atoms with Crippen molar-refractivity contribution in [2.45, 2.75) is 66.2 Å². The molecule has 14 heavy (non-hydrogen) atoms. The van der Waals surface area contributed by atoms with E-state index in [1.54, 1.807) is 0 Å². The molecule has 1 unspecified atom stereocenters. The monoisotopic (exact) mass is 200 g/mol. The van der Waals surface area contributed by atoms with E-state index in [2.05, 4.69) is 37.9 Å². The zero-order chi connectivity index (χ0) is 11.3. The lowest BCUT2D eigenvalue weighted by atomic mass is 10.2. The van der Waals surface area contributed by atoms with E-state index in [1.165, 1.54) is 0 Å². The van der Waals surface area contributed by atoms with Gasteiger partial charge in [-0.15, -0.1) is 0 Å². The highest BCUT2D eigenvalue weighted by Crippen LogP contribution is 2.08. The fourth-order valence-corrected chi connectivity index (χ4v) is 1.90. The minimum absolute atomic E-state index is 0.113. The van der Waals surface area contributed by atoms with Crippen molar-refractivity contribution in [3.05, 3.63) is 0 Å². The van der Waals surface area contributed by atoms with Crippen LogP contribution in [-0.4, -0.2) is 29.1 Å². The summed E-state index contributed by atoms with van der Waals surface area (Å²) in [5.74, 6) is 0.115. The molecule has 0 fully saturated rings. The van der Waals surface area contributed by atoms with Gasteiger partial charge in [0.2, 0.25) is 5.91 Å². The molecule has 0 aliphatic heterocycles. The van der Waals surface area contributed by atoms with Gasteiger partial charge in [0.05, 0.1) is 6.17 Å². The molecule has 0 saturated heterocycles. The molecule has 0 bridgehead atoms. The second-order valence-corrected chi connectivity index (χ2v) is 4.23. The topological polar surface area (TPSA) is 32.3 Å². The zero-order valence-corrected chi connectivity index (χ0v) is 10.3. The number of rotatable bonds is 5. The number of nitrogens with one attached hydrogen (secondary N) is 1. The first-order valence-corrected chi connectivity index (χ1v) is 5.46. The van der Waals surface area contributed by atoms with Gasteiger partial charge < -0.3 is 5.32 Å². The Hall–Kier alpha value is -0.570. The van der Waals surface area contributed by atoms with E-state index in [9.17, 15) is 4.79 Å². The summed E-state index contributed by atoms with van der Waals surface area (Å²) in [4.78, 5) is 13.5. The van der Waals surface area contributed by atoms with Gasteiger partial charge in [0, 0.05) is 18.5 Å². The highest BCUT2D eigenvalue weighted by atomic mass is 16.1. The molecule has 1 N–H and O–H groups in total. The Bertz CT molecular complexity index is 170. The van der Waals surface area contributed by atoms with Crippen LogP contribution < -0.4 is 5.32 Å². The quantitative estimate of drug-likeness (QED) is 0.688. The molecule has 1 atom stereocenters. The normalized spacial score (nSPS) is 13.8. The van der Waals surface area contributed by atoms with Crippen LogP contribution in [0.5, 0.6) is 0 Å². The molecule has 0 aliphatic carbocycles. The Morgan fingerprint density at radius 2 is 1.57 bits per heavy atom. The minimum atomic E-state index is 0.113. The number of carbonyl (C=O) groups is 1. The summed E-state index contributed by atoms with van der Waals surface area (Å²) in [6.45, 7) is 12.5. The summed E-state index contributed by atoms with van der Waals surface area (Å²) < 4.78 is 0. The summed E-state index contributed by atoms with van der Waals surface area (Å²) in [6, 6.07) is 0.893. The Morgan fingerprint density at radius 3 is 1.86 bits per heavy atom. The highest BCUT2D eigenvalue weighted by molar-refractivity contribution is 5.75. The van der Waals surface area contributed by atoms with E-state index in [0.717, 1.165) is 0 Å². The van der Waals surface area contributed by atoms with Crippen LogP contribution in [0.1, 0.15) is 48.0 Å². The third-order valence-corrected chi connectivity index (χ3v) is 2.33. The maximum atomic E-state index is 11.2. The average Bonchev–Trinajstić information content (AvgIpc) is 2.02. The van der Waals surface area contributed by atoms with Crippen molar-refractivity contribution in [1.29, 1.82) is 0 Å². The summed E-state index contributed by atoms with van der Waals surface area (Å²) in [7, 11) is 0. The van der Waals surface area contributed by atoms with Crippen molar-refractivity contribution in [1.82, 2.24) is 10.2 Å². The van der Waals surface area contributed by atoms with Gasteiger partial charge >= 0.3 is 0 Å². The second-order valence-electron chi connectivity index (χ2n) is 4.23. The first-order valence-electron chi connectivity index (χ1n) is 5.46. The number of nitrogens with zero attached hydrogens (tertiary/aromatic N) is 1. The molecular weight excluding hydrogens is 176 g/mol. The summed E-state index contributed by atoms with van der Waals surface area (Å²) in [6.07, 6.45) is 0.663. The number of carbonyl (C=O) groups excluding carboxylic acids is 1. The summed E-state index contributed by atoms with van der Waals surface area (Å²) in [5, 5.41) is 2.98. The van der Waals surface area contributed by atoms with Crippen LogP contribution in [0.25, 0.3) is 0 Å². The number of amides is 1. The van der Waals surface area contributed by atoms with E-state index in [-0.39, 0.29) is 12.1 Å². The molecule has 0 radical (unpaired) electrons. The van der Waals surface area contributed by atoms with Crippen LogP contribution in [0.3, 0.4) is 0 Å². The molecule has 0 aromatic rings. The van der Waals surface area contributed by atoms with Gasteiger partial charge in [0.1, 0.15) is 0 Å². The van der Waals surface area contributed by atoms with Gasteiger partial charge in [-0.25, -0.2) is 0 Å². The van der Waals surface area contributed by atoms with Crippen molar-refractivity contribution in [3.63, 3.8) is 0 Å². The lowest BCUT2D eigenvalue weighted by Crippen LogP contribution is -2.52. The highest BCUT2D eigenvalue weighted by Gasteiger charge is 2.20. The molecule has 0 aliphatic rings. The van der Waals surface area contributed by atoms with Crippen molar-refractivity contribution >= 4 is 5.91 Å². The van der Waals surface area contributed by atoms with Crippen molar-refractivity contribution in [2.24, 2.45) is 0 Å². The molecule has 0 aromatic carbocycles. The smallest absolute Gasteiger partial charge is 0.220 e. The molecule has 0 aromatic heterocycles. The first kappa shape index (κ1) is 13.4. The molecule has 84 valence electrons. The molecule has 0 saturated carbocycles. The lowest BCUT2D eigenvalue weighted by Gasteiger charge is -2.36. The van der Waals surface area contributed by atoms with E-state index >= 15 is 0 Å². The molecule has 0 heterocycles. The van der Waals surface area contributed by atoms with Crippen LogP contribution >= 0.6 is 0 Å². The van der Waals surface area contributed by atoms with Gasteiger partial charge in [-0.1, -0.05) is 6.92 Å². The maximum absolute atomic E-state index is 11.2. The predicted octanol–water partition coefficient (Wildman–Crippen LogP) is 1.98. The molecule has 3 nitrogen and oxygen atoms in total. The molecular formula is C11H24N2O. The van der Waals surface area contributed by atoms with Gasteiger partial charge in [-0.05, 0) is 34.6 Å². The van der Waals surface area contributed by atoms with E-state index in [0.29, 0.717) is 18.5 Å². The Labute approximate surface area is 87.9 Å². The molecule has 1 amide bonds. The standard InChI is InChI=1S/C11H24N2O/c1-7-11(14)12-10(6)13(8(2)3)9(4)5/h8-10H,7H2,1-6H3,(H,12,14). The second kappa shape index (κ2) is 6.02. The third-order valence-electron chi connectivity index (χ3n) is 2.33. The Kier molecular flexibility index (Phi) is 5.77. The van der Waals surface area contributed by atoms with Crippen LogP contribution in [0, 0.1) is 0 Å². The maximum Gasteiger partial charge on any atom is 0.220 e. The fourth-order valence-electron chi connectivity index (χ4n) is 1.90. The lowest BCUT2D eigenvalue weighted by molar-refractivity contribution is -0.123. The zero-order valence-electron chi connectivity index (χ0n) is 10.3. The van der Waals surface area contributed by atoms with Crippen LogP contribution in [-0.2, 0) is 4.79 Å². The first-order chi connectivity index (χ1) is 6.40. The third kappa shape index (κ3) is 4.09. The van der Waals surface area contributed by atoms with Crippen molar-refractivity contribution < 1.29 is 4.79 Å². The van der Waals surface area contributed by atoms with Gasteiger partial charge in [-0.2, -0.15) is 0 Å². The van der Waals surface area contributed by atoms with Gasteiger partial charge in [0.15, 0.2) is 0 Å². The summed E-state index contributed by atoms with van der Waals surface area (Å²) >= 11 is 0. The average molecular weight is 200 g/mol. The molecule has 0 spiro atoms. The number of hydrogen-bond acceptors (Lipinski definition) is 2. The SMILES string of the molecule is CCC(=O)NC(C)N(C(C)C)C(C)C. The Morgan fingerprint density at radius 1 is 1.14 bits per heavy atom. The van der Waals surface area contributed by atoms with E-state index in [1.807, 2.05) is 13.8 Å². The fraction of sp³-hybridized carbons (Fsp3) is 0.909. The summed E-state index contributed by atoms with van der Waals surface area (Å²) in [5.41, 5.74) is 0. The van der Waals surface area contributed by atoms with E-state index < -0.39 is 0 Å². The van der Waals surface area contributed by atoms with E-state index in [4.69, 9.17) is 0 Å². The predicted molar refractivity (Wildman–Crippen MR) is 60.0 cm³/mol. The van der Waals surface area contributed by atoms with Crippen molar-refractivity contribution in [2.75, 3.05) is 0 Å². The van der Waals surface area contributed by atoms with Gasteiger partial charge in [0.25, 0.3) is 0 Å². The number of hydrogen-bond donors (Lipinski definition) is 1. The molecule has 3 heteroatoms. The van der Waals surface area contributed by atoms with Crippen LogP contribution in [0.15, 0.2) is 0 Å². The van der Waals surface area contributed by atoms with Crippen LogP contribution in [0.4, 0.5) is 0 Å². The minimum Gasteiger partial charge on any atom is -0.341 e.